The Bertz CT molecular complexity index is 1480. The summed E-state index contributed by atoms with van der Waals surface area (Å²) in [7, 11) is 1.51. The number of halogens is 1. The Hall–Kier alpha value is -3.68. The third-order valence-electron chi connectivity index (χ3n) is 5.77. The number of carbonyl (C=O) groups excluding carboxylic acids is 1. The summed E-state index contributed by atoms with van der Waals surface area (Å²) in [5.41, 5.74) is 5.02. The zero-order valence-electron chi connectivity index (χ0n) is 20.0. The van der Waals surface area contributed by atoms with Gasteiger partial charge in [0.25, 0.3) is 5.91 Å². The number of rotatable bonds is 6. The molecule has 180 valence electrons. The molecule has 4 aromatic rings. The Kier molecular flexibility index (Phi) is 7.19. The molecule has 0 aliphatic rings. The highest BCUT2D eigenvalue weighted by Crippen LogP contribution is 2.31. The molecule has 7 nitrogen and oxygen atoms in total. The van der Waals surface area contributed by atoms with Crippen LogP contribution in [0, 0.1) is 13.8 Å². The Morgan fingerprint density at radius 2 is 1.94 bits per heavy atom. The second-order valence-electron chi connectivity index (χ2n) is 8.12. The number of aromatic nitrogens is 1. The van der Waals surface area contributed by atoms with E-state index in [0.29, 0.717) is 44.4 Å². The van der Waals surface area contributed by atoms with E-state index in [1.165, 1.54) is 12.7 Å². The molecule has 0 spiro atoms. The molecular formula is C27H26ClN3O4. The topological polar surface area (TPSA) is 97.0 Å². The molecule has 2 aromatic carbocycles. The summed E-state index contributed by atoms with van der Waals surface area (Å²) in [6.45, 7) is 5.47. The second kappa shape index (κ2) is 10.3. The van der Waals surface area contributed by atoms with Gasteiger partial charge < -0.3 is 19.6 Å². The predicted molar refractivity (Wildman–Crippen MR) is 136 cm³/mol. The van der Waals surface area contributed by atoms with Gasteiger partial charge in [-0.05, 0) is 55.7 Å². The number of nitrogens with zero attached hydrogens (tertiary/aromatic N) is 2. The Morgan fingerprint density at radius 1 is 1.20 bits per heavy atom. The van der Waals surface area contributed by atoms with E-state index in [1.807, 2.05) is 31.2 Å². The summed E-state index contributed by atoms with van der Waals surface area (Å²) in [4.78, 5) is 22.5. The predicted octanol–water partition coefficient (Wildman–Crippen LogP) is 5.65. The minimum atomic E-state index is -0.446. The van der Waals surface area contributed by atoms with Crippen molar-refractivity contribution < 1.29 is 19.1 Å². The lowest BCUT2D eigenvalue weighted by atomic mass is 10.1. The van der Waals surface area contributed by atoms with Crippen molar-refractivity contribution >= 4 is 39.9 Å². The molecule has 0 saturated heterocycles. The van der Waals surface area contributed by atoms with Crippen molar-refractivity contribution in [3.63, 3.8) is 0 Å². The number of anilines is 1. The van der Waals surface area contributed by atoms with E-state index in [9.17, 15) is 9.90 Å². The fourth-order valence-electron chi connectivity index (χ4n) is 3.70. The van der Waals surface area contributed by atoms with E-state index < -0.39 is 5.91 Å². The normalized spacial score (nSPS) is 11.7. The average Bonchev–Trinajstić information content (AvgIpc) is 2.86. The quantitative estimate of drug-likeness (QED) is 0.363. The largest absolute Gasteiger partial charge is 0.495 e. The molecule has 0 aliphatic carbocycles. The highest BCUT2D eigenvalue weighted by atomic mass is 35.5. The molecule has 35 heavy (non-hydrogen) atoms. The number of aryl methyl sites for hydroxylation is 3. The van der Waals surface area contributed by atoms with Crippen molar-refractivity contribution in [1.29, 1.82) is 0 Å². The standard InChI is InChI=1S/C27H26ClN3O4/c1-5-17-6-8-19(9-7-17)30-27-21(11-20-18(14-32)13-29-16(3)25(20)35-27)26(33)31-23-10-15(2)22(28)12-24(23)34-4/h6-13,32H,5,14H2,1-4H3,(H,31,33). The van der Waals surface area contributed by atoms with Crippen molar-refractivity contribution in [2.75, 3.05) is 12.4 Å². The number of hydrogen-bond acceptors (Lipinski definition) is 6. The SMILES string of the molecule is CCc1ccc(N=c2oc3c(C)ncc(CO)c3cc2C(=O)Nc2cc(C)c(Cl)cc2OC)cc1. The minimum absolute atomic E-state index is 0.129. The molecule has 2 heterocycles. The highest BCUT2D eigenvalue weighted by molar-refractivity contribution is 6.31. The number of nitrogens with one attached hydrogen (secondary N) is 1. The first kappa shape index (κ1) is 24.4. The summed E-state index contributed by atoms with van der Waals surface area (Å²) in [5, 5.41) is 13.8. The maximum Gasteiger partial charge on any atom is 0.261 e. The fourth-order valence-corrected chi connectivity index (χ4v) is 3.86. The van der Waals surface area contributed by atoms with Gasteiger partial charge in [-0.15, -0.1) is 0 Å². The molecule has 0 unspecified atom stereocenters. The summed E-state index contributed by atoms with van der Waals surface area (Å²) in [6, 6.07) is 12.8. The van der Waals surface area contributed by atoms with Crippen LogP contribution in [0.1, 0.15) is 39.7 Å². The van der Waals surface area contributed by atoms with Crippen molar-refractivity contribution in [2.45, 2.75) is 33.8 Å². The molecule has 0 radical (unpaired) electrons. The molecule has 0 atom stereocenters. The van der Waals surface area contributed by atoms with Crippen molar-refractivity contribution in [1.82, 2.24) is 4.98 Å². The lowest BCUT2D eigenvalue weighted by Gasteiger charge is -2.13. The van der Waals surface area contributed by atoms with E-state index in [4.69, 9.17) is 20.8 Å². The van der Waals surface area contributed by atoms with Gasteiger partial charge in [0.15, 0.2) is 5.58 Å². The molecular weight excluding hydrogens is 466 g/mol. The van der Waals surface area contributed by atoms with Crippen LogP contribution in [-0.2, 0) is 13.0 Å². The Labute approximate surface area is 208 Å². The number of aliphatic hydroxyl groups excluding tert-OH is 1. The van der Waals surface area contributed by atoms with E-state index in [1.54, 1.807) is 31.3 Å². The van der Waals surface area contributed by atoms with Crippen molar-refractivity contribution in [3.8, 4) is 5.75 Å². The number of ether oxygens (including phenoxy) is 1. The first-order chi connectivity index (χ1) is 16.8. The maximum absolute atomic E-state index is 13.5. The van der Waals surface area contributed by atoms with E-state index in [-0.39, 0.29) is 17.7 Å². The molecule has 0 bridgehead atoms. The Balaban J connectivity index is 1.90. The van der Waals surface area contributed by atoms with Gasteiger partial charge in [0.2, 0.25) is 5.55 Å². The number of hydrogen-bond donors (Lipinski definition) is 2. The third-order valence-corrected chi connectivity index (χ3v) is 6.18. The van der Waals surface area contributed by atoms with E-state index in [2.05, 4.69) is 22.2 Å². The molecule has 4 rings (SSSR count). The van der Waals surface area contributed by atoms with Crippen LogP contribution in [0.5, 0.6) is 5.75 Å². The lowest BCUT2D eigenvalue weighted by Crippen LogP contribution is -2.22. The van der Waals surface area contributed by atoms with Crippen LogP contribution < -0.4 is 15.6 Å². The van der Waals surface area contributed by atoms with Crippen LogP contribution in [0.3, 0.4) is 0 Å². The average molecular weight is 492 g/mol. The highest BCUT2D eigenvalue weighted by Gasteiger charge is 2.18. The number of methoxy groups -OCH3 is 1. The molecule has 2 aromatic heterocycles. The van der Waals surface area contributed by atoms with Gasteiger partial charge in [-0.25, -0.2) is 4.99 Å². The molecule has 8 heteroatoms. The van der Waals surface area contributed by atoms with Gasteiger partial charge in [-0.1, -0.05) is 30.7 Å². The van der Waals surface area contributed by atoms with Gasteiger partial charge in [-0.3, -0.25) is 9.78 Å². The van der Waals surface area contributed by atoms with Crippen molar-refractivity contribution in [3.05, 3.63) is 87.2 Å². The third kappa shape index (κ3) is 5.06. The van der Waals surface area contributed by atoms with Crippen LogP contribution in [0.15, 0.2) is 58.1 Å². The molecule has 0 aliphatic heterocycles. The number of benzene rings is 2. The summed E-state index contributed by atoms with van der Waals surface area (Å²) in [5.74, 6) is -0.0191. The summed E-state index contributed by atoms with van der Waals surface area (Å²) >= 11 is 6.22. The fraction of sp³-hybridized carbons (Fsp3) is 0.222. The van der Waals surface area contributed by atoms with E-state index in [0.717, 1.165) is 12.0 Å². The number of carbonyl (C=O) groups is 1. The first-order valence-electron chi connectivity index (χ1n) is 11.2. The number of fused-ring (bicyclic) bond motifs is 1. The maximum atomic E-state index is 13.5. The molecule has 1 amide bonds. The molecule has 0 fully saturated rings. The van der Waals surface area contributed by atoms with Crippen molar-refractivity contribution in [2.24, 2.45) is 4.99 Å². The zero-order valence-corrected chi connectivity index (χ0v) is 20.7. The first-order valence-corrected chi connectivity index (χ1v) is 11.5. The zero-order chi connectivity index (χ0) is 25.1. The number of amides is 1. The summed E-state index contributed by atoms with van der Waals surface area (Å²) in [6.07, 6.45) is 2.48. The van der Waals surface area contributed by atoms with Crippen LogP contribution in [-0.4, -0.2) is 23.1 Å². The number of pyridine rings is 1. The molecule has 2 N–H and O–H groups in total. The van der Waals surface area contributed by atoms with Gasteiger partial charge in [0.1, 0.15) is 11.3 Å². The van der Waals surface area contributed by atoms with Gasteiger partial charge in [0.05, 0.1) is 30.8 Å². The van der Waals surface area contributed by atoms with Gasteiger partial charge in [0, 0.05) is 28.2 Å². The van der Waals surface area contributed by atoms with Gasteiger partial charge >= 0.3 is 0 Å². The molecule has 0 saturated carbocycles. The number of aliphatic hydroxyl groups is 1. The van der Waals surface area contributed by atoms with Crippen LogP contribution >= 0.6 is 11.6 Å². The monoisotopic (exact) mass is 491 g/mol. The van der Waals surface area contributed by atoms with Crippen LogP contribution in [0.4, 0.5) is 11.4 Å². The van der Waals surface area contributed by atoms with Crippen LogP contribution in [0.25, 0.3) is 11.0 Å². The smallest absolute Gasteiger partial charge is 0.261 e. The Morgan fingerprint density at radius 3 is 2.60 bits per heavy atom. The van der Waals surface area contributed by atoms with Crippen LogP contribution in [0.2, 0.25) is 5.02 Å². The summed E-state index contributed by atoms with van der Waals surface area (Å²) < 4.78 is 11.5. The lowest BCUT2D eigenvalue weighted by molar-refractivity contribution is 0.102. The van der Waals surface area contributed by atoms with Gasteiger partial charge in [-0.2, -0.15) is 0 Å². The second-order valence-corrected chi connectivity index (χ2v) is 8.53. The van der Waals surface area contributed by atoms with E-state index >= 15 is 0 Å². The minimum Gasteiger partial charge on any atom is -0.495 e.